The van der Waals surface area contributed by atoms with Gasteiger partial charge in [0.25, 0.3) is 0 Å². The van der Waals surface area contributed by atoms with Gasteiger partial charge in [-0.3, -0.25) is 19.3 Å². The lowest BCUT2D eigenvalue weighted by Crippen LogP contribution is -2.33. The van der Waals surface area contributed by atoms with Crippen LogP contribution in [0.15, 0.2) is 18.2 Å². The van der Waals surface area contributed by atoms with Crippen molar-refractivity contribution in [2.45, 2.75) is 20.0 Å². The minimum atomic E-state index is -0.574. The van der Waals surface area contributed by atoms with Crippen molar-refractivity contribution in [2.24, 2.45) is 0 Å². The van der Waals surface area contributed by atoms with Gasteiger partial charge < -0.3 is 15.0 Å². The molecule has 0 aliphatic carbocycles. The first kappa shape index (κ1) is 21.0. The maximum absolute atomic E-state index is 14.8. The number of anilines is 2. The Morgan fingerprint density at radius 3 is 2.72 bits per heavy atom. The maximum atomic E-state index is 14.8. The quantitative estimate of drug-likeness (QED) is 0.749. The van der Waals surface area contributed by atoms with Crippen LogP contribution in [-0.2, 0) is 19.2 Å². The number of hydrogen-bond donors (Lipinski definition) is 1. The van der Waals surface area contributed by atoms with Gasteiger partial charge in [-0.1, -0.05) is 0 Å². The molecule has 2 amide bonds. The topological polar surface area (TPSA) is 91.4 Å². The molecule has 2 aliphatic heterocycles. The lowest BCUT2D eigenvalue weighted by atomic mass is 10.2. The molecule has 0 aromatic heterocycles. The van der Waals surface area contributed by atoms with Gasteiger partial charge in [0.15, 0.2) is 0 Å². The van der Waals surface area contributed by atoms with Crippen molar-refractivity contribution < 1.29 is 28.3 Å². The second-order valence-corrected chi connectivity index (χ2v) is 7.07. The predicted octanol–water partition coefficient (Wildman–Crippen LogP) is 0.930. The molecule has 158 valence electrons. The number of nitrogens with one attached hydrogen (secondary N) is 1. The number of amides is 2. The van der Waals surface area contributed by atoms with Crippen molar-refractivity contribution in [3.8, 4) is 0 Å². The van der Waals surface area contributed by atoms with E-state index in [0.717, 1.165) is 0 Å². The van der Waals surface area contributed by atoms with E-state index in [9.17, 15) is 18.8 Å². The highest BCUT2D eigenvalue weighted by molar-refractivity contribution is 5.90. The number of cyclic esters (lactones) is 1. The average molecular weight is 408 g/mol. The van der Waals surface area contributed by atoms with E-state index in [-0.39, 0.29) is 31.3 Å². The van der Waals surface area contributed by atoms with Crippen LogP contribution in [0, 0.1) is 5.82 Å². The highest BCUT2D eigenvalue weighted by atomic mass is 19.1. The standard InChI is InChI=1S/C19H25FN4O5/c1-13(25)11-23-6-5-22(7-8-28-23)18-4-3-15(9-17(18)20)24-12-16(29-19(24)27)10-21-14(2)26/h3-4,9,16H,5-8,10-12H2,1-2H3,(H,21,26)/t16-/m0/s1. The Kier molecular flexibility index (Phi) is 6.65. The molecule has 2 heterocycles. The summed E-state index contributed by atoms with van der Waals surface area (Å²) in [6, 6.07) is 4.59. The van der Waals surface area contributed by atoms with Gasteiger partial charge in [-0.2, -0.15) is 5.06 Å². The van der Waals surface area contributed by atoms with E-state index in [2.05, 4.69) is 5.32 Å². The summed E-state index contributed by atoms with van der Waals surface area (Å²) in [6.45, 7) is 5.33. The summed E-state index contributed by atoms with van der Waals surface area (Å²) in [4.78, 5) is 43.1. The van der Waals surface area contributed by atoms with Crippen LogP contribution >= 0.6 is 0 Å². The first-order valence-electron chi connectivity index (χ1n) is 9.48. The van der Waals surface area contributed by atoms with Crippen LogP contribution < -0.4 is 15.1 Å². The molecular weight excluding hydrogens is 383 g/mol. The largest absolute Gasteiger partial charge is 0.442 e. The summed E-state index contributed by atoms with van der Waals surface area (Å²) in [6.07, 6.45) is -1.06. The van der Waals surface area contributed by atoms with Gasteiger partial charge >= 0.3 is 6.09 Å². The van der Waals surface area contributed by atoms with Crippen molar-refractivity contribution >= 4 is 29.2 Å². The molecule has 2 fully saturated rings. The van der Waals surface area contributed by atoms with Gasteiger partial charge in [0.1, 0.15) is 17.7 Å². The third-order valence-electron chi connectivity index (χ3n) is 4.69. The van der Waals surface area contributed by atoms with Gasteiger partial charge in [-0.15, -0.1) is 0 Å². The third-order valence-corrected chi connectivity index (χ3v) is 4.69. The second-order valence-electron chi connectivity index (χ2n) is 7.07. The van der Waals surface area contributed by atoms with Gasteiger partial charge in [0.2, 0.25) is 5.91 Å². The van der Waals surface area contributed by atoms with Crippen LogP contribution in [0.3, 0.4) is 0 Å². The lowest BCUT2D eigenvalue weighted by Gasteiger charge is -2.23. The van der Waals surface area contributed by atoms with E-state index in [4.69, 9.17) is 9.57 Å². The Balaban J connectivity index is 1.65. The number of carbonyl (C=O) groups excluding carboxylic acids is 3. The first-order valence-corrected chi connectivity index (χ1v) is 9.48. The Hall–Kier alpha value is -2.72. The van der Waals surface area contributed by atoms with E-state index in [1.807, 2.05) is 4.90 Å². The van der Waals surface area contributed by atoms with E-state index < -0.39 is 18.0 Å². The van der Waals surface area contributed by atoms with Crippen molar-refractivity contribution in [3.63, 3.8) is 0 Å². The molecule has 1 N–H and O–H groups in total. The van der Waals surface area contributed by atoms with Crippen LogP contribution in [0.2, 0.25) is 0 Å². The number of benzene rings is 1. The maximum Gasteiger partial charge on any atom is 0.414 e. The van der Waals surface area contributed by atoms with E-state index in [1.165, 1.54) is 24.8 Å². The molecule has 2 saturated heterocycles. The van der Waals surface area contributed by atoms with Crippen molar-refractivity contribution in [1.82, 2.24) is 10.4 Å². The van der Waals surface area contributed by atoms with Crippen LogP contribution in [0.4, 0.5) is 20.6 Å². The fourth-order valence-corrected chi connectivity index (χ4v) is 3.32. The van der Waals surface area contributed by atoms with Gasteiger partial charge in [0, 0.05) is 26.6 Å². The fraction of sp³-hybridized carbons (Fsp3) is 0.526. The first-order chi connectivity index (χ1) is 13.8. The average Bonchev–Trinajstić information content (AvgIpc) is 2.87. The molecule has 0 radical (unpaired) electrons. The molecule has 1 aromatic rings. The third kappa shape index (κ3) is 5.42. The van der Waals surface area contributed by atoms with Crippen molar-refractivity contribution in [3.05, 3.63) is 24.0 Å². The molecule has 29 heavy (non-hydrogen) atoms. The number of Topliss-reactive ketones (excluding diaryl/α,β-unsaturated/α-hetero) is 1. The molecule has 0 spiro atoms. The van der Waals surface area contributed by atoms with E-state index >= 15 is 0 Å². The summed E-state index contributed by atoms with van der Waals surface area (Å²) in [5, 5.41) is 4.19. The Bertz CT molecular complexity index is 790. The molecule has 0 saturated carbocycles. The number of hydrogen-bond acceptors (Lipinski definition) is 7. The smallest absolute Gasteiger partial charge is 0.414 e. The number of rotatable bonds is 6. The van der Waals surface area contributed by atoms with Crippen LogP contribution in [0.25, 0.3) is 0 Å². The molecule has 1 aromatic carbocycles. The molecule has 0 bridgehead atoms. The molecule has 10 heteroatoms. The number of hydroxylamine groups is 2. The zero-order valence-corrected chi connectivity index (χ0v) is 16.5. The predicted molar refractivity (Wildman–Crippen MR) is 103 cm³/mol. The molecule has 2 aliphatic rings. The second kappa shape index (κ2) is 9.19. The molecular formula is C19H25FN4O5. The minimum Gasteiger partial charge on any atom is -0.442 e. The summed E-state index contributed by atoms with van der Waals surface area (Å²) in [5.41, 5.74) is 0.801. The Labute approximate surface area is 168 Å². The van der Waals surface area contributed by atoms with Crippen molar-refractivity contribution in [2.75, 3.05) is 55.7 Å². The van der Waals surface area contributed by atoms with Crippen LogP contribution in [0.5, 0.6) is 0 Å². The van der Waals surface area contributed by atoms with Crippen LogP contribution in [-0.4, -0.2) is 74.8 Å². The van der Waals surface area contributed by atoms with Gasteiger partial charge in [-0.05, 0) is 25.1 Å². The van der Waals surface area contributed by atoms with Crippen LogP contribution in [0.1, 0.15) is 13.8 Å². The Morgan fingerprint density at radius 1 is 1.24 bits per heavy atom. The Morgan fingerprint density at radius 2 is 2.03 bits per heavy atom. The normalized spacial score (nSPS) is 20.4. The van der Waals surface area contributed by atoms with Crippen molar-refractivity contribution in [1.29, 1.82) is 0 Å². The molecule has 3 rings (SSSR count). The zero-order valence-electron chi connectivity index (χ0n) is 16.5. The number of ketones is 1. The number of nitrogens with zero attached hydrogens (tertiary/aromatic N) is 3. The highest BCUT2D eigenvalue weighted by Crippen LogP contribution is 2.28. The SMILES string of the molecule is CC(=O)CN1CCN(c2ccc(N3C[C@H](CNC(C)=O)OC3=O)cc2F)CCO1. The minimum absolute atomic E-state index is 0.00305. The fourth-order valence-electron chi connectivity index (χ4n) is 3.32. The summed E-state index contributed by atoms with van der Waals surface area (Å²) in [5.74, 6) is -0.665. The number of ether oxygens (including phenoxy) is 1. The van der Waals surface area contributed by atoms with E-state index in [0.29, 0.717) is 37.6 Å². The summed E-state index contributed by atoms with van der Waals surface area (Å²) in [7, 11) is 0. The lowest BCUT2D eigenvalue weighted by molar-refractivity contribution is -0.157. The molecule has 9 nitrogen and oxygen atoms in total. The highest BCUT2D eigenvalue weighted by Gasteiger charge is 2.33. The number of halogens is 1. The van der Waals surface area contributed by atoms with Gasteiger partial charge in [-0.25, -0.2) is 9.18 Å². The number of carbonyl (C=O) groups is 3. The molecule has 0 unspecified atom stereocenters. The molecule has 1 atom stereocenters. The summed E-state index contributed by atoms with van der Waals surface area (Å²) >= 11 is 0. The zero-order chi connectivity index (χ0) is 21.0. The monoisotopic (exact) mass is 408 g/mol. The van der Waals surface area contributed by atoms with Gasteiger partial charge in [0.05, 0.1) is 37.6 Å². The van der Waals surface area contributed by atoms with E-state index in [1.54, 1.807) is 17.2 Å². The summed E-state index contributed by atoms with van der Waals surface area (Å²) < 4.78 is 20.0.